The van der Waals surface area contributed by atoms with Crippen LogP contribution >= 0.6 is 0 Å². The van der Waals surface area contributed by atoms with Gasteiger partial charge in [0, 0.05) is 33.4 Å². The minimum atomic E-state index is 0.00184. The fraction of sp³-hybridized carbons (Fsp3) is 0.812. The Kier molecular flexibility index (Phi) is 11.5. The predicted octanol–water partition coefficient (Wildman–Crippen LogP) is 2.19. The molecule has 1 atom stereocenters. The molecule has 0 heterocycles. The highest BCUT2D eigenvalue weighted by Gasteiger charge is 2.09. The van der Waals surface area contributed by atoms with Gasteiger partial charge in [0.1, 0.15) is 5.78 Å². The van der Waals surface area contributed by atoms with Gasteiger partial charge in [0.15, 0.2) is 0 Å². The third-order valence-electron chi connectivity index (χ3n) is 3.44. The van der Waals surface area contributed by atoms with E-state index in [1.54, 1.807) is 6.92 Å². The zero-order valence-electron chi connectivity index (χ0n) is 13.7. The molecule has 0 radical (unpaired) electrons. The molecule has 0 aliphatic carbocycles. The van der Waals surface area contributed by atoms with Gasteiger partial charge in [0.2, 0.25) is 11.8 Å². The van der Waals surface area contributed by atoms with Crippen LogP contribution in [0.25, 0.3) is 0 Å². The highest BCUT2D eigenvalue weighted by molar-refractivity contribution is 5.75. The third kappa shape index (κ3) is 14.8. The molecule has 5 heteroatoms. The van der Waals surface area contributed by atoms with E-state index < -0.39 is 0 Å². The van der Waals surface area contributed by atoms with E-state index in [0.717, 1.165) is 38.5 Å². The van der Waals surface area contributed by atoms with Crippen molar-refractivity contribution < 1.29 is 14.4 Å². The SMILES string of the molecule is CC(=O)CCCCC(CCCCNC(C)=O)CNC(C)=O. The maximum Gasteiger partial charge on any atom is 0.216 e. The van der Waals surface area contributed by atoms with Crippen molar-refractivity contribution in [2.24, 2.45) is 5.92 Å². The zero-order chi connectivity index (χ0) is 16.1. The molecular weight excluding hydrogens is 268 g/mol. The maximum atomic E-state index is 11.0. The standard InChI is InChI=1S/C16H30N2O3/c1-13(19)8-4-5-9-16(12-18-15(3)21)10-6-7-11-17-14(2)20/h16H,4-12H2,1-3H3,(H,17,20)(H,18,21). The van der Waals surface area contributed by atoms with Gasteiger partial charge < -0.3 is 15.4 Å². The van der Waals surface area contributed by atoms with Crippen LogP contribution in [0.15, 0.2) is 0 Å². The number of hydrogen-bond donors (Lipinski definition) is 2. The minimum Gasteiger partial charge on any atom is -0.356 e. The summed E-state index contributed by atoms with van der Waals surface area (Å²) in [5.41, 5.74) is 0. The topological polar surface area (TPSA) is 75.3 Å². The number of amides is 2. The fourth-order valence-corrected chi connectivity index (χ4v) is 2.27. The molecule has 2 N–H and O–H groups in total. The van der Waals surface area contributed by atoms with Crippen LogP contribution in [0.1, 0.15) is 65.7 Å². The first-order valence-electron chi connectivity index (χ1n) is 7.90. The number of ketones is 1. The minimum absolute atomic E-state index is 0.00184. The van der Waals surface area contributed by atoms with E-state index in [2.05, 4.69) is 10.6 Å². The van der Waals surface area contributed by atoms with E-state index in [1.807, 2.05) is 0 Å². The van der Waals surface area contributed by atoms with E-state index >= 15 is 0 Å². The quantitative estimate of drug-likeness (QED) is 0.542. The molecule has 0 saturated heterocycles. The van der Waals surface area contributed by atoms with Gasteiger partial charge in [-0.25, -0.2) is 0 Å². The molecule has 0 aromatic carbocycles. The average Bonchev–Trinajstić information content (AvgIpc) is 2.38. The molecule has 1 unspecified atom stereocenters. The lowest BCUT2D eigenvalue weighted by Gasteiger charge is -2.17. The number of carbonyl (C=O) groups excluding carboxylic acids is 3. The third-order valence-corrected chi connectivity index (χ3v) is 3.44. The van der Waals surface area contributed by atoms with Crippen LogP contribution < -0.4 is 10.6 Å². The summed E-state index contributed by atoms with van der Waals surface area (Å²) in [5, 5.41) is 5.67. The van der Waals surface area contributed by atoms with E-state index in [-0.39, 0.29) is 17.6 Å². The summed E-state index contributed by atoms with van der Waals surface area (Å²) in [6.45, 7) is 6.09. The molecule has 0 aromatic heterocycles. The van der Waals surface area contributed by atoms with Crippen LogP contribution in [-0.4, -0.2) is 30.7 Å². The average molecular weight is 298 g/mol. The highest BCUT2D eigenvalue weighted by atomic mass is 16.2. The predicted molar refractivity (Wildman–Crippen MR) is 83.9 cm³/mol. The van der Waals surface area contributed by atoms with Crippen LogP contribution in [-0.2, 0) is 14.4 Å². The molecular formula is C16H30N2O3. The number of Topliss-reactive ketones (excluding diaryl/α,β-unsaturated/α-hetero) is 1. The normalized spacial score (nSPS) is 11.8. The van der Waals surface area contributed by atoms with Gasteiger partial charge in [-0.3, -0.25) is 9.59 Å². The molecule has 0 aliphatic rings. The summed E-state index contributed by atoms with van der Waals surface area (Å²) in [6.07, 6.45) is 6.68. The molecule has 5 nitrogen and oxygen atoms in total. The molecule has 2 amide bonds. The fourth-order valence-electron chi connectivity index (χ4n) is 2.27. The first kappa shape index (κ1) is 19.6. The van der Waals surface area contributed by atoms with Crippen molar-refractivity contribution in [1.29, 1.82) is 0 Å². The van der Waals surface area contributed by atoms with Crippen LogP contribution in [0.3, 0.4) is 0 Å². The second-order valence-electron chi connectivity index (χ2n) is 5.73. The van der Waals surface area contributed by atoms with Gasteiger partial charge in [-0.05, 0) is 38.5 Å². The Morgan fingerprint density at radius 1 is 0.810 bits per heavy atom. The number of rotatable bonds is 12. The van der Waals surface area contributed by atoms with Crippen molar-refractivity contribution in [3.63, 3.8) is 0 Å². The molecule has 0 spiro atoms. The molecule has 0 rings (SSSR count). The van der Waals surface area contributed by atoms with Crippen LogP contribution in [0, 0.1) is 5.92 Å². The number of carbonyl (C=O) groups is 3. The van der Waals surface area contributed by atoms with Crippen LogP contribution in [0.5, 0.6) is 0 Å². The van der Waals surface area contributed by atoms with Gasteiger partial charge >= 0.3 is 0 Å². The van der Waals surface area contributed by atoms with Crippen molar-refractivity contribution in [2.45, 2.75) is 65.7 Å². The highest BCUT2D eigenvalue weighted by Crippen LogP contribution is 2.16. The monoisotopic (exact) mass is 298 g/mol. The molecule has 0 fully saturated rings. The Bertz CT molecular complexity index is 329. The Balaban J connectivity index is 3.87. The first-order valence-corrected chi connectivity index (χ1v) is 7.90. The Morgan fingerprint density at radius 3 is 1.90 bits per heavy atom. The van der Waals surface area contributed by atoms with Crippen molar-refractivity contribution in [3.05, 3.63) is 0 Å². The smallest absolute Gasteiger partial charge is 0.216 e. The number of nitrogens with one attached hydrogen (secondary N) is 2. The molecule has 0 bridgehead atoms. The lowest BCUT2D eigenvalue weighted by Crippen LogP contribution is -2.27. The van der Waals surface area contributed by atoms with Gasteiger partial charge in [0.05, 0.1) is 0 Å². The molecule has 0 aromatic rings. The van der Waals surface area contributed by atoms with E-state index in [4.69, 9.17) is 0 Å². The summed E-state index contributed by atoms with van der Waals surface area (Å²) >= 11 is 0. The molecule has 21 heavy (non-hydrogen) atoms. The Labute approximate surface area is 128 Å². The zero-order valence-corrected chi connectivity index (χ0v) is 13.7. The summed E-state index contributed by atoms with van der Waals surface area (Å²) in [6, 6.07) is 0. The first-order chi connectivity index (χ1) is 9.91. The summed E-state index contributed by atoms with van der Waals surface area (Å²) in [7, 11) is 0. The maximum absolute atomic E-state index is 11.0. The molecule has 0 saturated carbocycles. The summed E-state index contributed by atoms with van der Waals surface area (Å²) < 4.78 is 0. The molecule has 0 aliphatic heterocycles. The Morgan fingerprint density at radius 2 is 1.38 bits per heavy atom. The summed E-state index contributed by atoms with van der Waals surface area (Å²) in [4.78, 5) is 32.7. The Hall–Kier alpha value is -1.39. The summed E-state index contributed by atoms with van der Waals surface area (Å²) in [5.74, 6) is 0.706. The second-order valence-corrected chi connectivity index (χ2v) is 5.73. The number of unbranched alkanes of at least 4 members (excludes halogenated alkanes) is 2. The van der Waals surface area contributed by atoms with E-state index in [0.29, 0.717) is 25.4 Å². The van der Waals surface area contributed by atoms with Crippen molar-refractivity contribution >= 4 is 17.6 Å². The van der Waals surface area contributed by atoms with Gasteiger partial charge in [-0.1, -0.05) is 12.8 Å². The van der Waals surface area contributed by atoms with Gasteiger partial charge in [0.25, 0.3) is 0 Å². The van der Waals surface area contributed by atoms with Crippen LogP contribution in [0.2, 0.25) is 0 Å². The van der Waals surface area contributed by atoms with Crippen LogP contribution in [0.4, 0.5) is 0 Å². The van der Waals surface area contributed by atoms with Gasteiger partial charge in [-0.15, -0.1) is 0 Å². The van der Waals surface area contributed by atoms with Crippen molar-refractivity contribution in [1.82, 2.24) is 10.6 Å². The van der Waals surface area contributed by atoms with Crippen molar-refractivity contribution in [2.75, 3.05) is 13.1 Å². The van der Waals surface area contributed by atoms with Crippen molar-refractivity contribution in [3.8, 4) is 0 Å². The second kappa shape index (κ2) is 12.4. The lowest BCUT2D eigenvalue weighted by atomic mass is 9.95. The lowest BCUT2D eigenvalue weighted by molar-refractivity contribution is -0.120. The largest absolute Gasteiger partial charge is 0.356 e. The van der Waals surface area contributed by atoms with Gasteiger partial charge in [-0.2, -0.15) is 0 Å². The van der Waals surface area contributed by atoms with E-state index in [1.165, 1.54) is 13.8 Å². The van der Waals surface area contributed by atoms with E-state index in [9.17, 15) is 14.4 Å². The number of hydrogen-bond acceptors (Lipinski definition) is 3. The molecule has 122 valence electrons.